The summed E-state index contributed by atoms with van der Waals surface area (Å²) in [5.74, 6) is -0.668. The number of hydrogen-bond donors (Lipinski definition) is 2. The summed E-state index contributed by atoms with van der Waals surface area (Å²) in [6, 6.07) is 6.97. The molecule has 90 valence electrons. The van der Waals surface area contributed by atoms with Gasteiger partial charge in [0, 0.05) is 5.39 Å². The Morgan fingerprint density at radius 3 is 3.00 bits per heavy atom. The molecule has 3 aromatic rings. The molecule has 6 heteroatoms. The van der Waals surface area contributed by atoms with Gasteiger partial charge < -0.3 is 9.52 Å². The van der Waals surface area contributed by atoms with Gasteiger partial charge in [0.1, 0.15) is 16.8 Å². The molecule has 0 spiro atoms. The molecule has 0 bridgehead atoms. The number of aromatic carboxylic acids is 1. The smallest absolute Gasteiger partial charge is 0.339 e. The van der Waals surface area contributed by atoms with Crippen molar-refractivity contribution < 1.29 is 14.3 Å². The largest absolute Gasteiger partial charge is 0.478 e. The third-order valence-corrected chi connectivity index (χ3v) is 2.95. The van der Waals surface area contributed by atoms with Crippen LogP contribution in [0.15, 0.2) is 34.9 Å². The van der Waals surface area contributed by atoms with E-state index in [0.717, 1.165) is 5.39 Å². The van der Waals surface area contributed by atoms with E-state index in [-0.39, 0.29) is 5.56 Å². The molecular weight excluding hydrogens is 256 g/mol. The van der Waals surface area contributed by atoms with Crippen molar-refractivity contribution in [3.63, 3.8) is 0 Å². The van der Waals surface area contributed by atoms with Crippen LogP contribution in [-0.4, -0.2) is 21.3 Å². The molecule has 0 fully saturated rings. The Bertz CT molecular complexity index is 745. The Labute approximate surface area is 106 Å². The topological polar surface area (TPSA) is 79.1 Å². The van der Waals surface area contributed by atoms with Gasteiger partial charge in [0.2, 0.25) is 0 Å². The Morgan fingerprint density at radius 1 is 1.44 bits per heavy atom. The third-order valence-electron chi connectivity index (χ3n) is 2.62. The summed E-state index contributed by atoms with van der Waals surface area (Å²) in [7, 11) is 0. The Hall–Kier alpha value is -2.27. The zero-order valence-electron chi connectivity index (χ0n) is 8.98. The van der Waals surface area contributed by atoms with Gasteiger partial charge in [-0.15, -0.1) is 0 Å². The minimum atomic E-state index is -1.06. The maximum absolute atomic E-state index is 11.0. The van der Waals surface area contributed by atoms with Crippen LogP contribution in [-0.2, 0) is 0 Å². The van der Waals surface area contributed by atoms with Crippen LogP contribution in [0.25, 0.3) is 22.4 Å². The normalized spacial score (nSPS) is 10.9. The standard InChI is InChI=1S/C12H7ClN2O3/c13-8-2-1-3-9-6(8)4-10(18-9)11-7(12(16)17)5-14-15-11/h1-5H,(H,14,15)(H,16,17). The number of carbonyl (C=O) groups is 1. The number of nitrogens with zero attached hydrogens (tertiary/aromatic N) is 1. The SMILES string of the molecule is O=C(O)c1cn[nH]c1-c1cc2c(Cl)cccc2o1. The van der Waals surface area contributed by atoms with Gasteiger partial charge in [0.25, 0.3) is 0 Å². The van der Waals surface area contributed by atoms with E-state index in [9.17, 15) is 4.79 Å². The second-order valence-corrected chi connectivity index (χ2v) is 4.13. The summed E-state index contributed by atoms with van der Waals surface area (Å²) >= 11 is 6.03. The van der Waals surface area contributed by atoms with Gasteiger partial charge in [-0.25, -0.2) is 4.79 Å². The molecule has 0 radical (unpaired) electrons. The zero-order chi connectivity index (χ0) is 12.7. The summed E-state index contributed by atoms with van der Waals surface area (Å²) in [5.41, 5.74) is 0.989. The molecule has 2 aromatic heterocycles. The fourth-order valence-electron chi connectivity index (χ4n) is 1.78. The van der Waals surface area contributed by atoms with Gasteiger partial charge in [-0.1, -0.05) is 17.7 Å². The number of carboxylic acids is 1. The molecule has 2 heterocycles. The molecule has 18 heavy (non-hydrogen) atoms. The highest BCUT2D eigenvalue weighted by molar-refractivity contribution is 6.35. The fourth-order valence-corrected chi connectivity index (χ4v) is 2.01. The summed E-state index contributed by atoms with van der Waals surface area (Å²) in [6.07, 6.45) is 1.24. The number of aromatic nitrogens is 2. The quantitative estimate of drug-likeness (QED) is 0.743. The van der Waals surface area contributed by atoms with E-state index in [0.29, 0.717) is 22.1 Å². The van der Waals surface area contributed by atoms with E-state index in [1.807, 2.05) is 0 Å². The van der Waals surface area contributed by atoms with Gasteiger partial charge in [-0.05, 0) is 18.2 Å². The van der Waals surface area contributed by atoms with Crippen LogP contribution in [0.2, 0.25) is 5.02 Å². The Kier molecular flexibility index (Phi) is 2.34. The first-order chi connectivity index (χ1) is 8.66. The maximum atomic E-state index is 11.0. The first-order valence-corrected chi connectivity index (χ1v) is 5.49. The van der Waals surface area contributed by atoms with Crippen molar-refractivity contribution in [2.24, 2.45) is 0 Å². The lowest BCUT2D eigenvalue weighted by molar-refractivity contribution is 0.0697. The van der Waals surface area contributed by atoms with Crippen LogP contribution in [0, 0.1) is 0 Å². The van der Waals surface area contributed by atoms with E-state index < -0.39 is 5.97 Å². The van der Waals surface area contributed by atoms with Crippen LogP contribution < -0.4 is 0 Å². The van der Waals surface area contributed by atoms with Crippen molar-refractivity contribution >= 4 is 28.5 Å². The number of aromatic amines is 1. The summed E-state index contributed by atoms with van der Waals surface area (Å²) in [5, 5.41) is 16.6. The molecule has 1 aromatic carbocycles. The van der Waals surface area contributed by atoms with Crippen LogP contribution >= 0.6 is 11.6 Å². The second-order valence-electron chi connectivity index (χ2n) is 3.73. The average molecular weight is 263 g/mol. The number of furan rings is 1. The van der Waals surface area contributed by atoms with Crippen LogP contribution in [0.5, 0.6) is 0 Å². The first kappa shape index (κ1) is 10.9. The van der Waals surface area contributed by atoms with Crippen LogP contribution in [0.3, 0.4) is 0 Å². The zero-order valence-corrected chi connectivity index (χ0v) is 9.73. The van der Waals surface area contributed by atoms with Gasteiger partial charge in [-0.2, -0.15) is 5.10 Å². The highest BCUT2D eigenvalue weighted by atomic mass is 35.5. The summed E-state index contributed by atoms with van der Waals surface area (Å²) in [6.45, 7) is 0. The number of H-pyrrole nitrogens is 1. The predicted molar refractivity (Wildman–Crippen MR) is 65.8 cm³/mol. The van der Waals surface area contributed by atoms with Crippen molar-refractivity contribution in [2.75, 3.05) is 0 Å². The first-order valence-electron chi connectivity index (χ1n) is 5.12. The molecule has 0 amide bonds. The van der Waals surface area contributed by atoms with Gasteiger partial charge in [0.15, 0.2) is 5.76 Å². The van der Waals surface area contributed by atoms with Crippen molar-refractivity contribution in [1.29, 1.82) is 0 Å². The van der Waals surface area contributed by atoms with E-state index in [4.69, 9.17) is 21.1 Å². The van der Waals surface area contributed by atoms with Gasteiger partial charge in [-0.3, -0.25) is 5.10 Å². The highest BCUT2D eigenvalue weighted by Crippen LogP contribution is 2.32. The van der Waals surface area contributed by atoms with Crippen molar-refractivity contribution in [3.05, 3.63) is 41.0 Å². The van der Waals surface area contributed by atoms with Crippen molar-refractivity contribution in [2.45, 2.75) is 0 Å². The molecule has 3 rings (SSSR count). The Balaban J connectivity index is 2.23. The van der Waals surface area contributed by atoms with Crippen LogP contribution in [0.1, 0.15) is 10.4 Å². The lowest BCUT2D eigenvalue weighted by Gasteiger charge is -1.93. The molecular formula is C12H7ClN2O3. The molecule has 0 saturated heterocycles. The number of hydrogen-bond acceptors (Lipinski definition) is 3. The van der Waals surface area contributed by atoms with Crippen molar-refractivity contribution in [1.82, 2.24) is 10.2 Å². The number of benzene rings is 1. The number of fused-ring (bicyclic) bond motifs is 1. The number of nitrogens with one attached hydrogen (secondary N) is 1. The number of halogens is 1. The number of carboxylic acid groups (broad SMARTS) is 1. The lowest BCUT2D eigenvalue weighted by atomic mass is 10.2. The Morgan fingerprint density at radius 2 is 2.28 bits per heavy atom. The molecule has 5 nitrogen and oxygen atoms in total. The van der Waals surface area contributed by atoms with Gasteiger partial charge >= 0.3 is 5.97 Å². The molecule has 0 aliphatic heterocycles. The lowest BCUT2D eigenvalue weighted by Crippen LogP contribution is -1.95. The second kappa shape index (κ2) is 3.89. The average Bonchev–Trinajstić information content (AvgIpc) is 2.95. The van der Waals surface area contributed by atoms with Crippen molar-refractivity contribution in [3.8, 4) is 11.5 Å². The minimum absolute atomic E-state index is 0.0604. The molecule has 0 aliphatic carbocycles. The maximum Gasteiger partial charge on any atom is 0.339 e. The molecule has 0 unspecified atom stereocenters. The van der Waals surface area contributed by atoms with Crippen LogP contribution in [0.4, 0.5) is 0 Å². The predicted octanol–water partition coefficient (Wildman–Crippen LogP) is 3.17. The van der Waals surface area contributed by atoms with Gasteiger partial charge in [0.05, 0.1) is 11.2 Å². The monoisotopic (exact) mass is 262 g/mol. The summed E-state index contributed by atoms with van der Waals surface area (Å²) < 4.78 is 5.57. The summed E-state index contributed by atoms with van der Waals surface area (Å²) in [4.78, 5) is 11.0. The molecule has 0 aliphatic rings. The van der Waals surface area contributed by atoms with E-state index in [2.05, 4.69) is 10.2 Å². The number of rotatable bonds is 2. The van der Waals surface area contributed by atoms with E-state index in [1.165, 1.54) is 6.20 Å². The minimum Gasteiger partial charge on any atom is -0.478 e. The highest BCUT2D eigenvalue weighted by Gasteiger charge is 2.18. The molecule has 0 atom stereocenters. The fraction of sp³-hybridized carbons (Fsp3) is 0. The van der Waals surface area contributed by atoms with E-state index in [1.54, 1.807) is 24.3 Å². The van der Waals surface area contributed by atoms with E-state index >= 15 is 0 Å². The third kappa shape index (κ3) is 1.56. The molecule has 0 saturated carbocycles. The molecule has 2 N–H and O–H groups in total.